The van der Waals surface area contributed by atoms with Gasteiger partial charge in [-0.25, -0.2) is 0 Å². The van der Waals surface area contributed by atoms with Gasteiger partial charge in [0.15, 0.2) is 0 Å². The van der Waals surface area contributed by atoms with Gasteiger partial charge in [0.05, 0.1) is 12.1 Å². The molecule has 2 N–H and O–H groups in total. The average molecular weight is 396 g/mol. The number of nitrogens with one attached hydrogen (secondary N) is 2. The van der Waals surface area contributed by atoms with Crippen molar-refractivity contribution in [2.75, 3.05) is 10.6 Å². The highest BCUT2D eigenvalue weighted by Crippen LogP contribution is 2.17. The van der Waals surface area contributed by atoms with Crippen LogP contribution in [0.15, 0.2) is 71.7 Å². The maximum Gasteiger partial charge on any atom is 0.257 e. The van der Waals surface area contributed by atoms with Crippen LogP contribution in [-0.2, 0) is 11.3 Å². The second kappa shape index (κ2) is 8.54. The fourth-order valence-corrected chi connectivity index (χ4v) is 2.88. The van der Waals surface area contributed by atoms with E-state index in [2.05, 4.69) is 10.6 Å². The molecular weight excluding hydrogens is 378 g/mol. The van der Waals surface area contributed by atoms with Crippen molar-refractivity contribution in [3.63, 3.8) is 0 Å². The van der Waals surface area contributed by atoms with Crippen molar-refractivity contribution in [3.8, 4) is 0 Å². The zero-order chi connectivity index (χ0) is 20.1. The van der Waals surface area contributed by atoms with Crippen molar-refractivity contribution in [2.45, 2.75) is 13.5 Å². The van der Waals surface area contributed by atoms with Gasteiger partial charge in [0.1, 0.15) is 0 Å². The van der Waals surface area contributed by atoms with E-state index in [9.17, 15) is 14.4 Å². The summed E-state index contributed by atoms with van der Waals surface area (Å²) in [5, 5.41) is 5.98. The number of amides is 2. The van der Waals surface area contributed by atoms with E-state index in [4.69, 9.17) is 11.6 Å². The van der Waals surface area contributed by atoms with E-state index < -0.39 is 0 Å². The SMILES string of the molecule is CC(=O)Nc1cccc(NC(=O)c2ccc(=O)n(Cc3ccccc3Cl)c2)c1. The monoisotopic (exact) mass is 395 g/mol. The van der Waals surface area contributed by atoms with Gasteiger partial charge in [-0.1, -0.05) is 35.9 Å². The van der Waals surface area contributed by atoms with Crippen molar-refractivity contribution in [1.29, 1.82) is 0 Å². The zero-order valence-electron chi connectivity index (χ0n) is 15.1. The van der Waals surface area contributed by atoms with Gasteiger partial charge >= 0.3 is 0 Å². The normalized spacial score (nSPS) is 10.4. The molecule has 1 aromatic heterocycles. The van der Waals surface area contributed by atoms with E-state index in [1.54, 1.807) is 30.3 Å². The van der Waals surface area contributed by atoms with E-state index in [1.165, 1.54) is 29.8 Å². The first-order chi connectivity index (χ1) is 13.4. The van der Waals surface area contributed by atoms with Crippen LogP contribution >= 0.6 is 11.6 Å². The lowest BCUT2D eigenvalue weighted by molar-refractivity contribution is -0.114. The summed E-state index contributed by atoms with van der Waals surface area (Å²) in [7, 11) is 0. The third-order valence-corrected chi connectivity index (χ3v) is 4.35. The summed E-state index contributed by atoms with van der Waals surface area (Å²) in [5.74, 6) is -0.567. The molecule has 6 nitrogen and oxygen atoms in total. The molecule has 142 valence electrons. The number of carbonyl (C=O) groups is 2. The number of hydrogen-bond donors (Lipinski definition) is 2. The number of aromatic nitrogens is 1. The molecule has 0 aliphatic rings. The van der Waals surface area contributed by atoms with Gasteiger partial charge in [-0.15, -0.1) is 0 Å². The lowest BCUT2D eigenvalue weighted by Gasteiger charge is -2.11. The Bertz CT molecular complexity index is 1090. The highest BCUT2D eigenvalue weighted by atomic mass is 35.5. The van der Waals surface area contributed by atoms with Gasteiger partial charge in [-0.05, 0) is 35.9 Å². The second-order valence-electron chi connectivity index (χ2n) is 6.19. The molecule has 3 aromatic rings. The molecule has 0 saturated heterocycles. The second-order valence-corrected chi connectivity index (χ2v) is 6.60. The molecule has 2 aromatic carbocycles. The number of nitrogens with zero attached hydrogens (tertiary/aromatic N) is 1. The highest BCUT2D eigenvalue weighted by molar-refractivity contribution is 6.31. The van der Waals surface area contributed by atoms with Crippen LogP contribution in [0.1, 0.15) is 22.8 Å². The van der Waals surface area contributed by atoms with E-state index in [1.807, 2.05) is 18.2 Å². The van der Waals surface area contributed by atoms with E-state index >= 15 is 0 Å². The number of benzene rings is 2. The molecule has 0 unspecified atom stereocenters. The molecule has 0 aliphatic heterocycles. The maximum atomic E-state index is 12.6. The van der Waals surface area contributed by atoms with E-state index in [0.29, 0.717) is 22.0 Å². The Morgan fingerprint density at radius 3 is 2.39 bits per heavy atom. The minimum absolute atomic E-state index is 0.199. The summed E-state index contributed by atoms with van der Waals surface area (Å²) in [5.41, 5.74) is 1.99. The van der Waals surface area contributed by atoms with Crippen molar-refractivity contribution in [2.24, 2.45) is 0 Å². The van der Waals surface area contributed by atoms with E-state index in [0.717, 1.165) is 5.56 Å². The average Bonchev–Trinajstić information content (AvgIpc) is 2.65. The molecule has 0 saturated carbocycles. The van der Waals surface area contributed by atoms with Crippen LogP contribution < -0.4 is 16.2 Å². The predicted octanol–water partition coefficient (Wildman–Crippen LogP) is 3.76. The summed E-state index contributed by atoms with van der Waals surface area (Å²) in [6.45, 7) is 1.67. The first kappa shape index (κ1) is 19.4. The van der Waals surface area contributed by atoms with Gasteiger partial charge in [-0.3, -0.25) is 14.4 Å². The minimum atomic E-state index is -0.368. The molecular formula is C21H18ClN3O3. The number of pyridine rings is 1. The molecule has 0 radical (unpaired) electrons. The molecule has 28 heavy (non-hydrogen) atoms. The standard InChI is InChI=1S/C21H18ClN3O3/c1-14(26)23-17-6-4-7-18(11-17)24-21(28)16-9-10-20(27)25(13-16)12-15-5-2-3-8-19(15)22/h2-11,13H,12H2,1H3,(H,23,26)(H,24,28). The van der Waals surface area contributed by atoms with Gasteiger partial charge in [0, 0.05) is 35.6 Å². The Hall–Kier alpha value is -3.38. The van der Waals surface area contributed by atoms with Crippen LogP contribution in [0.4, 0.5) is 11.4 Å². The molecule has 0 aliphatic carbocycles. The Morgan fingerprint density at radius 2 is 1.68 bits per heavy atom. The third-order valence-electron chi connectivity index (χ3n) is 3.98. The highest BCUT2D eigenvalue weighted by Gasteiger charge is 2.10. The van der Waals surface area contributed by atoms with Crippen molar-refractivity contribution in [1.82, 2.24) is 4.57 Å². The third kappa shape index (κ3) is 4.86. The summed E-state index contributed by atoms with van der Waals surface area (Å²) in [6.07, 6.45) is 1.50. The smallest absolute Gasteiger partial charge is 0.257 e. The maximum absolute atomic E-state index is 12.6. The van der Waals surface area contributed by atoms with Gasteiger partial charge < -0.3 is 15.2 Å². The fourth-order valence-electron chi connectivity index (χ4n) is 2.68. The van der Waals surface area contributed by atoms with Gasteiger partial charge in [-0.2, -0.15) is 0 Å². The first-order valence-corrected chi connectivity index (χ1v) is 8.93. The Morgan fingerprint density at radius 1 is 0.964 bits per heavy atom. The van der Waals surface area contributed by atoms with Crippen molar-refractivity contribution in [3.05, 3.63) is 93.4 Å². The molecule has 0 bridgehead atoms. The lowest BCUT2D eigenvalue weighted by Crippen LogP contribution is -2.22. The Kier molecular flexibility index (Phi) is 5.91. The fraction of sp³-hybridized carbons (Fsp3) is 0.0952. The number of hydrogen-bond acceptors (Lipinski definition) is 3. The summed E-state index contributed by atoms with van der Waals surface area (Å²) in [4.78, 5) is 35.9. The number of halogens is 1. The predicted molar refractivity (Wildman–Crippen MR) is 110 cm³/mol. The van der Waals surface area contributed by atoms with Crippen LogP contribution in [0.5, 0.6) is 0 Å². The van der Waals surface area contributed by atoms with Crippen LogP contribution in [0.2, 0.25) is 5.02 Å². The van der Waals surface area contributed by atoms with Crippen molar-refractivity contribution < 1.29 is 9.59 Å². The minimum Gasteiger partial charge on any atom is -0.326 e. The van der Waals surface area contributed by atoms with Crippen LogP contribution in [0, 0.1) is 0 Å². The molecule has 2 amide bonds. The van der Waals surface area contributed by atoms with Gasteiger partial charge in [0.25, 0.3) is 11.5 Å². The van der Waals surface area contributed by atoms with Crippen LogP contribution in [-0.4, -0.2) is 16.4 Å². The summed E-state index contributed by atoms with van der Waals surface area (Å²) < 4.78 is 1.43. The Balaban J connectivity index is 1.80. The van der Waals surface area contributed by atoms with E-state index in [-0.39, 0.29) is 23.9 Å². The molecule has 0 atom stereocenters. The summed E-state index contributed by atoms with van der Waals surface area (Å²) >= 11 is 6.16. The van der Waals surface area contributed by atoms with Crippen LogP contribution in [0.3, 0.4) is 0 Å². The van der Waals surface area contributed by atoms with Crippen molar-refractivity contribution >= 4 is 34.8 Å². The molecule has 7 heteroatoms. The number of carbonyl (C=O) groups excluding carboxylic acids is 2. The topological polar surface area (TPSA) is 80.2 Å². The molecule has 3 rings (SSSR count). The van der Waals surface area contributed by atoms with Crippen LogP contribution in [0.25, 0.3) is 0 Å². The quantitative estimate of drug-likeness (QED) is 0.690. The molecule has 0 fully saturated rings. The van der Waals surface area contributed by atoms with Gasteiger partial charge in [0.2, 0.25) is 5.91 Å². The lowest BCUT2D eigenvalue weighted by atomic mass is 10.2. The molecule has 0 spiro atoms. The zero-order valence-corrected chi connectivity index (χ0v) is 15.9. The molecule has 1 heterocycles. The first-order valence-electron chi connectivity index (χ1n) is 8.55. The summed E-state index contributed by atoms with van der Waals surface area (Å²) in [6, 6.07) is 16.9. The largest absolute Gasteiger partial charge is 0.326 e. The number of rotatable bonds is 5. The Labute approximate surface area is 166 Å². The number of anilines is 2.